The van der Waals surface area contributed by atoms with Crippen LogP contribution in [0.2, 0.25) is 15.1 Å². The molecule has 0 amide bonds. The van der Waals surface area contributed by atoms with E-state index in [4.69, 9.17) is 39.5 Å². The second-order valence-corrected chi connectivity index (χ2v) is 6.76. The van der Waals surface area contributed by atoms with Crippen molar-refractivity contribution in [3.63, 3.8) is 0 Å². The average Bonchev–Trinajstić information content (AvgIpc) is 2.61. The predicted molar refractivity (Wildman–Crippen MR) is 106 cm³/mol. The van der Waals surface area contributed by atoms with Crippen LogP contribution in [-0.2, 0) is 39.1 Å². The fourth-order valence-electron chi connectivity index (χ4n) is 2.66. The van der Waals surface area contributed by atoms with Gasteiger partial charge in [0.1, 0.15) is 0 Å². The maximum Gasteiger partial charge on any atom is 0.184 e. The van der Waals surface area contributed by atoms with Crippen molar-refractivity contribution in [2.45, 2.75) is 13.3 Å². The van der Waals surface area contributed by atoms with Gasteiger partial charge in [0.05, 0.1) is 5.69 Å². The number of halogens is 3. The molecule has 2 nitrogen and oxygen atoms in total. The van der Waals surface area contributed by atoms with E-state index in [-0.39, 0.29) is 32.7 Å². The van der Waals surface area contributed by atoms with Crippen LogP contribution < -0.4 is 4.74 Å². The molecule has 0 atom stereocenters. The monoisotopic (exact) mass is 479 g/mol. The van der Waals surface area contributed by atoms with Crippen molar-refractivity contribution in [1.29, 1.82) is 0 Å². The SMILES string of the molecule is [CH2-]Oc1nc(-c2ccc(Cl)cc2)c(-c2ccc(Cl)cc2Cl)cc1CC.[Y]. The average molecular weight is 481 g/mol. The Morgan fingerprint density at radius 3 is 2.15 bits per heavy atom. The molecule has 0 N–H and O–H groups in total. The van der Waals surface area contributed by atoms with E-state index in [1.54, 1.807) is 6.07 Å². The van der Waals surface area contributed by atoms with Gasteiger partial charge in [-0.25, -0.2) is 4.98 Å². The molecule has 6 heteroatoms. The van der Waals surface area contributed by atoms with E-state index < -0.39 is 0 Å². The Balaban J connectivity index is 0.00000243. The summed E-state index contributed by atoms with van der Waals surface area (Å²) in [6.45, 7) is 2.04. The molecule has 0 bridgehead atoms. The number of hydrogen-bond donors (Lipinski definition) is 0. The Kier molecular flexibility index (Phi) is 7.94. The van der Waals surface area contributed by atoms with Gasteiger partial charge in [-0.1, -0.05) is 59.9 Å². The van der Waals surface area contributed by atoms with E-state index in [1.807, 2.05) is 49.4 Å². The van der Waals surface area contributed by atoms with Crippen LogP contribution in [0.1, 0.15) is 12.5 Å². The van der Waals surface area contributed by atoms with E-state index in [1.165, 1.54) is 0 Å². The van der Waals surface area contributed by atoms with Gasteiger partial charge in [0.25, 0.3) is 0 Å². The van der Waals surface area contributed by atoms with Gasteiger partial charge >= 0.3 is 0 Å². The molecule has 26 heavy (non-hydrogen) atoms. The summed E-state index contributed by atoms with van der Waals surface area (Å²) in [5, 5.41) is 1.81. The second-order valence-electron chi connectivity index (χ2n) is 5.48. The van der Waals surface area contributed by atoms with Crippen LogP contribution in [0, 0.1) is 7.11 Å². The summed E-state index contributed by atoms with van der Waals surface area (Å²) >= 11 is 18.5. The van der Waals surface area contributed by atoms with Gasteiger partial charge in [-0.2, -0.15) is 7.11 Å². The summed E-state index contributed by atoms with van der Waals surface area (Å²) in [5.41, 5.74) is 4.37. The van der Waals surface area contributed by atoms with Gasteiger partial charge in [0, 0.05) is 70.0 Å². The molecule has 1 radical (unpaired) electrons. The van der Waals surface area contributed by atoms with E-state index >= 15 is 0 Å². The van der Waals surface area contributed by atoms with Crippen molar-refractivity contribution >= 4 is 34.8 Å². The first-order valence-electron chi connectivity index (χ1n) is 7.70. The van der Waals surface area contributed by atoms with Crippen molar-refractivity contribution in [2.24, 2.45) is 0 Å². The van der Waals surface area contributed by atoms with Crippen molar-refractivity contribution in [3.05, 3.63) is 76.3 Å². The summed E-state index contributed by atoms with van der Waals surface area (Å²) < 4.78 is 5.22. The van der Waals surface area contributed by atoms with Crippen LogP contribution in [0.3, 0.4) is 0 Å². The van der Waals surface area contributed by atoms with Crippen LogP contribution >= 0.6 is 34.8 Å². The number of nitrogens with zero attached hydrogens (tertiary/aromatic N) is 1. The van der Waals surface area contributed by atoms with E-state index in [9.17, 15) is 0 Å². The number of ether oxygens (including phenoxy) is 1. The Morgan fingerprint density at radius 1 is 0.923 bits per heavy atom. The third-order valence-corrected chi connectivity index (χ3v) is 4.72. The van der Waals surface area contributed by atoms with Gasteiger partial charge in [0.2, 0.25) is 0 Å². The minimum Gasteiger partial charge on any atom is -0.652 e. The van der Waals surface area contributed by atoms with E-state index in [0.717, 1.165) is 34.4 Å². The number of aryl methyl sites for hydroxylation is 1. The van der Waals surface area contributed by atoms with Crippen molar-refractivity contribution in [1.82, 2.24) is 4.98 Å². The standard InChI is InChI=1S/C20H15Cl3NO.Y/c1-3-12-10-17(16-9-8-15(22)11-18(16)23)19(24-20(12)25-2)13-4-6-14(21)7-5-13;/h4-11H,2-3H2,1H3;/q-1;. The van der Waals surface area contributed by atoms with Crippen LogP contribution in [0.4, 0.5) is 0 Å². The zero-order chi connectivity index (χ0) is 18.0. The van der Waals surface area contributed by atoms with E-state index in [0.29, 0.717) is 20.9 Å². The Labute approximate surface area is 193 Å². The molecule has 3 rings (SSSR count). The normalized spacial score (nSPS) is 10.3. The predicted octanol–water partition coefficient (Wildman–Crippen LogP) is 7.11. The molecular formula is C20H15Cl3NOY-. The second kappa shape index (κ2) is 9.53. The first kappa shape index (κ1) is 21.7. The molecule has 0 aliphatic rings. The maximum absolute atomic E-state index is 6.44. The molecular weight excluding hydrogens is 465 g/mol. The summed E-state index contributed by atoms with van der Waals surface area (Å²) in [4.78, 5) is 4.68. The largest absolute Gasteiger partial charge is 0.652 e. The van der Waals surface area contributed by atoms with Crippen molar-refractivity contribution in [3.8, 4) is 28.3 Å². The maximum atomic E-state index is 6.44. The van der Waals surface area contributed by atoms with Crippen LogP contribution in [0.25, 0.3) is 22.4 Å². The minimum absolute atomic E-state index is 0. The number of benzene rings is 2. The van der Waals surface area contributed by atoms with Gasteiger partial charge in [-0.15, -0.1) is 0 Å². The molecule has 131 valence electrons. The zero-order valence-corrected chi connectivity index (χ0v) is 19.2. The van der Waals surface area contributed by atoms with Crippen LogP contribution in [0.15, 0.2) is 48.5 Å². The Morgan fingerprint density at radius 2 is 1.58 bits per heavy atom. The molecule has 3 aromatic rings. The molecule has 2 aromatic carbocycles. The quantitative estimate of drug-likeness (QED) is 0.371. The summed E-state index contributed by atoms with van der Waals surface area (Å²) in [6.07, 6.45) is 0.761. The van der Waals surface area contributed by atoms with Gasteiger partial charge in [-0.3, -0.25) is 0 Å². The van der Waals surface area contributed by atoms with Gasteiger partial charge in [0.15, 0.2) is 5.88 Å². The number of aromatic nitrogens is 1. The molecule has 0 fully saturated rings. The minimum atomic E-state index is 0. The van der Waals surface area contributed by atoms with Crippen LogP contribution in [-0.4, -0.2) is 4.98 Å². The zero-order valence-electron chi connectivity index (χ0n) is 14.1. The molecule has 0 unspecified atom stereocenters. The fourth-order valence-corrected chi connectivity index (χ4v) is 3.29. The molecule has 0 spiro atoms. The van der Waals surface area contributed by atoms with Gasteiger partial charge in [-0.05, 0) is 36.8 Å². The number of hydrogen-bond acceptors (Lipinski definition) is 2. The van der Waals surface area contributed by atoms with Gasteiger partial charge < -0.3 is 4.74 Å². The molecule has 0 saturated carbocycles. The van der Waals surface area contributed by atoms with Crippen LogP contribution in [0.5, 0.6) is 5.88 Å². The first-order valence-corrected chi connectivity index (χ1v) is 8.84. The summed E-state index contributed by atoms with van der Waals surface area (Å²) in [6, 6.07) is 14.9. The van der Waals surface area contributed by atoms with E-state index in [2.05, 4.69) is 12.1 Å². The molecule has 1 aromatic heterocycles. The number of pyridine rings is 1. The topological polar surface area (TPSA) is 22.1 Å². The molecule has 0 saturated heterocycles. The smallest absolute Gasteiger partial charge is 0.184 e. The fraction of sp³-hybridized carbons (Fsp3) is 0.100. The van der Waals surface area contributed by atoms with Crippen molar-refractivity contribution in [2.75, 3.05) is 0 Å². The summed E-state index contributed by atoms with van der Waals surface area (Å²) in [7, 11) is 3.52. The Hall–Kier alpha value is -0.636. The first-order chi connectivity index (χ1) is 12.0. The summed E-state index contributed by atoms with van der Waals surface area (Å²) in [5.74, 6) is 0.501. The molecule has 0 aliphatic carbocycles. The number of rotatable bonds is 4. The Bertz CT molecular complexity index is 914. The third-order valence-electron chi connectivity index (χ3n) is 3.92. The third kappa shape index (κ3) is 4.61. The van der Waals surface area contributed by atoms with Crippen molar-refractivity contribution < 1.29 is 37.4 Å². The molecule has 1 heterocycles. The molecule has 0 aliphatic heterocycles.